The van der Waals surface area contributed by atoms with Gasteiger partial charge in [-0.05, 0) is 60.1 Å². The zero-order valence-corrected chi connectivity index (χ0v) is 8.29. The van der Waals surface area contributed by atoms with E-state index in [1.54, 1.807) is 5.57 Å². The second-order valence-corrected chi connectivity index (χ2v) is 4.19. The van der Waals surface area contributed by atoms with Crippen molar-refractivity contribution >= 4 is 16.9 Å². The Balaban J connectivity index is 2.29. The Morgan fingerprint density at radius 2 is 2.17 bits per heavy atom. The Bertz CT molecular complexity index is 294. The fourth-order valence-electron chi connectivity index (χ4n) is 1.77. The topological polar surface area (TPSA) is 0 Å². The third kappa shape index (κ3) is 1.46. The molecular weight excluding hydrogens is 164 g/mol. The first-order valence-electron chi connectivity index (χ1n) is 4.60. The summed E-state index contributed by atoms with van der Waals surface area (Å²) in [6.45, 7) is 2.21. The molecule has 0 aliphatic heterocycles. The van der Waals surface area contributed by atoms with Crippen molar-refractivity contribution in [3.8, 4) is 0 Å². The molecule has 0 N–H and O–H groups in total. The van der Waals surface area contributed by atoms with Gasteiger partial charge in [0, 0.05) is 0 Å². The number of aryl methyl sites for hydroxylation is 1. The second-order valence-electron chi connectivity index (χ2n) is 3.44. The molecule has 0 bridgehead atoms. The smallest absolute Gasteiger partial charge is 0.00153 e. The average molecular weight is 178 g/mol. The van der Waals surface area contributed by atoms with Crippen LogP contribution in [0.15, 0.2) is 16.8 Å². The molecule has 0 amide bonds. The minimum Gasteiger partial charge on any atom is -0.152 e. The molecule has 1 aliphatic carbocycles. The number of rotatable bonds is 1. The van der Waals surface area contributed by atoms with Gasteiger partial charge in [-0.25, -0.2) is 0 Å². The highest BCUT2D eigenvalue weighted by atomic mass is 32.1. The molecule has 0 atom stereocenters. The van der Waals surface area contributed by atoms with Gasteiger partial charge in [0.1, 0.15) is 0 Å². The molecule has 1 aromatic rings. The van der Waals surface area contributed by atoms with Crippen LogP contribution >= 0.6 is 11.3 Å². The van der Waals surface area contributed by atoms with Gasteiger partial charge in [-0.1, -0.05) is 6.08 Å². The summed E-state index contributed by atoms with van der Waals surface area (Å²) in [7, 11) is 0. The molecule has 1 heterocycles. The minimum atomic E-state index is 1.28. The van der Waals surface area contributed by atoms with Gasteiger partial charge in [0.2, 0.25) is 0 Å². The number of hydrogen-bond acceptors (Lipinski definition) is 1. The largest absolute Gasteiger partial charge is 0.152 e. The third-order valence-corrected chi connectivity index (χ3v) is 3.35. The highest BCUT2D eigenvalue weighted by Crippen LogP contribution is 2.30. The van der Waals surface area contributed by atoms with Crippen LogP contribution in [0.4, 0.5) is 0 Å². The van der Waals surface area contributed by atoms with Crippen molar-refractivity contribution in [2.45, 2.75) is 32.6 Å². The fraction of sp³-hybridized carbons (Fsp3) is 0.455. The monoisotopic (exact) mass is 178 g/mol. The Kier molecular flexibility index (Phi) is 2.31. The summed E-state index contributed by atoms with van der Waals surface area (Å²) in [6.07, 6.45) is 7.74. The zero-order chi connectivity index (χ0) is 8.39. The molecule has 0 aromatic carbocycles. The summed E-state index contributed by atoms with van der Waals surface area (Å²) in [5, 5.41) is 4.53. The molecule has 0 unspecified atom stereocenters. The SMILES string of the molecule is Cc1cscc1C1=CCCCC1. The maximum atomic E-state index is 2.42. The van der Waals surface area contributed by atoms with Crippen LogP contribution in [0, 0.1) is 6.92 Å². The molecule has 64 valence electrons. The molecule has 1 aliphatic rings. The third-order valence-electron chi connectivity index (χ3n) is 2.49. The Morgan fingerprint density at radius 3 is 2.75 bits per heavy atom. The fourth-order valence-corrected chi connectivity index (χ4v) is 2.64. The van der Waals surface area contributed by atoms with E-state index in [4.69, 9.17) is 0 Å². The van der Waals surface area contributed by atoms with Crippen LogP contribution in [-0.2, 0) is 0 Å². The minimum absolute atomic E-state index is 1.28. The van der Waals surface area contributed by atoms with Gasteiger partial charge in [0.15, 0.2) is 0 Å². The maximum absolute atomic E-state index is 2.42. The van der Waals surface area contributed by atoms with Crippen LogP contribution in [-0.4, -0.2) is 0 Å². The van der Waals surface area contributed by atoms with E-state index in [0.29, 0.717) is 0 Å². The van der Waals surface area contributed by atoms with Crippen molar-refractivity contribution in [1.82, 2.24) is 0 Å². The highest BCUT2D eigenvalue weighted by molar-refractivity contribution is 7.08. The van der Waals surface area contributed by atoms with Gasteiger partial charge in [-0.3, -0.25) is 0 Å². The molecule has 0 fully saturated rings. The van der Waals surface area contributed by atoms with E-state index in [-0.39, 0.29) is 0 Å². The summed E-state index contributed by atoms with van der Waals surface area (Å²) in [5.41, 5.74) is 4.54. The van der Waals surface area contributed by atoms with Crippen molar-refractivity contribution in [2.75, 3.05) is 0 Å². The molecule has 0 radical (unpaired) electrons. The van der Waals surface area contributed by atoms with Gasteiger partial charge in [-0.15, -0.1) is 0 Å². The van der Waals surface area contributed by atoms with Crippen molar-refractivity contribution in [3.63, 3.8) is 0 Å². The average Bonchev–Trinajstić information content (AvgIpc) is 2.53. The van der Waals surface area contributed by atoms with Crippen LogP contribution < -0.4 is 0 Å². The first-order chi connectivity index (χ1) is 5.88. The number of thiophene rings is 1. The van der Waals surface area contributed by atoms with Crippen molar-refractivity contribution in [2.24, 2.45) is 0 Å². The Labute approximate surface area is 77.9 Å². The van der Waals surface area contributed by atoms with E-state index in [0.717, 1.165) is 0 Å². The lowest BCUT2D eigenvalue weighted by atomic mass is 9.94. The Hall–Kier alpha value is -0.560. The van der Waals surface area contributed by atoms with Crippen LogP contribution in [0.1, 0.15) is 36.8 Å². The predicted octanol–water partition coefficient (Wildman–Crippen LogP) is 4.01. The summed E-state index contributed by atoms with van der Waals surface area (Å²) >= 11 is 1.82. The van der Waals surface area contributed by atoms with E-state index >= 15 is 0 Å². The standard InChI is InChI=1S/C11H14S/c1-9-7-12-8-11(9)10-5-3-2-4-6-10/h5,7-8H,2-4,6H2,1H3. The molecule has 12 heavy (non-hydrogen) atoms. The van der Waals surface area contributed by atoms with E-state index in [2.05, 4.69) is 23.8 Å². The number of hydrogen-bond donors (Lipinski definition) is 0. The summed E-state index contributed by atoms with van der Waals surface area (Å²) in [5.74, 6) is 0. The molecule has 0 saturated carbocycles. The van der Waals surface area contributed by atoms with Crippen LogP contribution in [0.5, 0.6) is 0 Å². The van der Waals surface area contributed by atoms with E-state index < -0.39 is 0 Å². The summed E-state index contributed by atoms with van der Waals surface area (Å²) in [6, 6.07) is 0. The van der Waals surface area contributed by atoms with E-state index in [9.17, 15) is 0 Å². The summed E-state index contributed by atoms with van der Waals surface area (Å²) < 4.78 is 0. The molecule has 0 saturated heterocycles. The van der Waals surface area contributed by atoms with Crippen LogP contribution in [0.25, 0.3) is 5.57 Å². The van der Waals surface area contributed by atoms with Crippen molar-refractivity contribution in [3.05, 3.63) is 28.0 Å². The molecule has 0 nitrogen and oxygen atoms in total. The van der Waals surface area contributed by atoms with Gasteiger partial charge in [0.05, 0.1) is 0 Å². The first-order valence-corrected chi connectivity index (χ1v) is 5.54. The van der Waals surface area contributed by atoms with Crippen LogP contribution in [0.3, 0.4) is 0 Å². The van der Waals surface area contributed by atoms with Gasteiger partial charge >= 0.3 is 0 Å². The van der Waals surface area contributed by atoms with E-state index in [1.165, 1.54) is 36.8 Å². The van der Waals surface area contributed by atoms with Crippen molar-refractivity contribution < 1.29 is 0 Å². The summed E-state index contributed by atoms with van der Waals surface area (Å²) in [4.78, 5) is 0. The lowest BCUT2D eigenvalue weighted by molar-refractivity contribution is 0.742. The molecule has 1 aromatic heterocycles. The second kappa shape index (κ2) is 3.44. The molecule has 2 rings (SSSR count). The maximum Gasteiger partial charge on any atom is -0.00153 e. The van der Waals surface area contributed by atoms with Crippen molar-refractivity contribution in [1.29, 1.82) is 0 Å². The van der Waals surface area contributed by atoms with Gasteiger partial charge in [0.25, 0.3) is 0 Å². The number of allylic oxidation sites excluding steroid dienone is 2. The quantitative estimate of drug-likeness (QED) is 0.609. The normalized spacial score (nSPS) is 17.6. The van der Waals surface area contributed by atoms with E-state index in [1.807, 2.05) is 11.3 Å². The lowest BCUT2D eigenvalue weighted by Gasteiger charge is -2.11. The lowest BCUT2D eigenvalue weighted by Crippen LogP contribution is -1.91. The van der Waals surface area contributed by atoms with Crippen LogP contribution in [0.2, 0.25) is 0 Å². The molecule has 1 heteroatoms. The highest BCUT2D eigenvalue weighted by Gasteiger charge is 2.08. The Morgan fingerprint density at radius 1 is 1.25 bits per heavy atom. The zero-order valence-electron chi connectivity index (χ0n) is 7.47. The van der Waals surface area contributed by atoms with Gasteiger partial charge < -0.3 is 0 Å². The van der Waals surface area contributed by atoms with Gasteiger partial charge in [-0.2, -0.15) is 11.3 Å². The predicted molar refractivity (Wildman–Crippen MR) is 55.5 cm³/mol. The molecular formula is C11H14S. The molecule has 0 spiro atoms. The first kappa shape index (κ1) is 8.06.